The standard InChI is InChI=1S/C31H29ClN2O3.C30H27ClN2O3/c1-37-30(36)25-16-31(17-25)14-21(15-31)11-28(35)27-13-26(32)12-24-18-33-34(29(24)27)19-20-7-9-23(10-8-20)22-5-3-2-4-6-22;31-25-11-23-17-32-33(18-19-6-8-22(9-7-19)21-4-2-1-3-5-21)28(23)26(12-25)27(34)10-20-13-30(14-20)15-24(16-30)29(35)36/h2-10,12-13,18,21,25H,11,14-17,19H2,1H3;1-9,11-12,17,20,24H,10,13-16,18H2,(H,35,36). The Morgan fingerprint density at radius 3 is 1.32 bits per heavy atom. The first-order chi connectivity index (χ1) is 35.3. The van der Waals surface area contributed by atoms with Crippen LogP contribution in [0.5, 0.6) is 0 Å². The van der Waals surface area contributed by atoms with E-state index in [1.54, 1.807) is 24.5 Å². The molecule has 4 aliphatic rings. The molecule has 0 saturated heterocycles. The van der Waals surface area contributed by atoms with Crippen molar-refractivity contribution >= 4 is 68.5 Å². The number of carbonyl (C=O) groups is 4. The van der Waals surface area contributed by atoms with Crippen molar-refractivity contribution in [1.82, 2.24) is 19.6 Å². The molecule has 8 aromatic rings. The van der Waals surface area contributed by atoms with Crippen molar-refractivity contribution in [3.05, 3.63) is 178 Å². The Hall–Kier alpha value is -6.88. The molecule has 0 aliphatic heterocycles. The molecule has 0 unspecified atom stereocenters. The molecule has 12 heteroatoms. The third-order valence-electron chi connectivity index (χ3n) is 16.2. The third-order valence-corrected chi connectivity index (χ3v) is 16.7. The molecule has 0 amide bonds. The number of ketones is 2. The molecule has 370 valence electrons. The van der Waals surface area contributed by atoms with Crippen LogP contribution in [0.2, 0.25) is 10.0 Å². The molecule has 73 heavy (non-hydrogen) atoms. The summed E-state index contributed by atoms with van der Waals surface area (Å²) in [6, 6.07) is 44.7. The van der Waals surface area contributed by atoms with Gasteiger partial charge >= 0.3 is 11.9 Å². The number of hydrogen-bond donors (Lipinski definition) is 1. The van der Waals surface area contributed by atoms with Crippen molar-refractivity contribution in [3.63, 3.8) is 0 Å². The number of hydrogen-bond acceptors (Lipinski definition) is 7. The van der Waals surface area contributed by atoms with Gasteiger partial charge in [-0.1, -0.05) is 132 Å². The number of rotatable bonds is 14. The van der Waals surface area contributed by atoms with Crippen molar-refractivity contribution in [2.24, 2.45) is 34.5 Å². The van der Waals surface area contributed by atoms with Crippen molar-refractivity contribution in [2.75, 3.05) is 7.11 Å². The molecule has 0 radical (unpaired) electrons. The van der Waals surface area contributed by atoms with E-state index in [1.165, 1.54) is 23.8 Å². The number of carboxylic acids is 1. The van der Waals surface area contributed by atoms with Gasteiger partial charge in [0.05, 0.1) is 55.5 Å². The fourth-order valence-corrected chi connectivity index (χ4v) is 13.2. The van der Waals surface area contributed by atoms with Gasteiger partial charge < -0.3 is 9.84 Å². The van der Waals surface area contributed by atoms with E-state index in [1.807, 2.05) is 57.9 Å². The van der Waals surface area contributed by atoms with Gasteiger partial charge in [0.25, 0.3) is 0 Å². The summed E-state index contributed by atoms with van der Waals surface area (Å²) < 4.78 is 8.67. The van der Waals surface area contributed by atoms with E-state index >= 15 is 0 Å². The normalized spacial score (nSPS) is 22.6. The first-order valence-electron chi connectivity index (χ1n) is 25.3. The fraction of sp³-hybridized carbons (Fsp3) is 0.311. The Morgan fingerprint density at radius 1 is 0.548 bits per heavy atom. The molecule has 2 spiro atoms. The summed E-state index contributed by atoms with van der Waals surface area (Å²) in [5, 5.41) is 21.2. The fourth-order valence-electron chi connectivity index (χ4n) is 12.8. The Balaban J connectivity index is 0.000000157. The predicted octanol–water partition coefficient (Wildman–Crippen LogP) is 13.8. The summed E-state index contributed by atoms with van der Waals surface area (Å²) in [5.41, 5.74) is 10.2. The lowest BCUT2D eigenvalue weighted by Crippen LogP contribution is -2.50. The molecule has 4 saturated carbocycles. The minimum Gasteiger partial charge on any atom is -0.481 e. The van der Waals surface area contributed by atoms with Gasteiger partial charge in [-0.25, -0.2) is 0 Å². The Morgan fingerprint density at radius 2 is 0.932 bits per heavy atom. The second-order valence-electron chi connectivity index (χ2n) is 21.4. The smallest absolute Gasteiger partial charge is 0.308 e. The maximum atomic E-state index is 13.5. The number of aromatic nitrogens is 4. The monoisotopic (exact) mass is 1010 g/mol. The van der Waals surface area contributed by atoms with Crippen molar-refractivity contribution < 1.29 is 29.0 Å². The van der Waals surface area contributed by atoms with E-state index in [-0.39, 0.29) is 40.2 Å². The first-order valence-corrected chi connectivity index (χ1v) is 26.0. The average Bonchev–Trinajstić information content (AvgIpc) is 3.95. The highest BCUT2D eigenvalue weighted by molar-refractivity contribution is 6.32. The zero-order chi connectivity index (χ0) is 50.4. The third kappa shape index (κ3) is 9.99. The van der Waals surface area contributed by atoms with Gasteiger partial charge in [0.1, 0.15) is 0 Å². The number of carboxylic acid groups (broad SMARTS) is 1. The summed E-state index contributed by atoms with van der Waals surface area (Å²) in [4.78, 5) is 49.8. The van der Waals surface area contributed by atoms with Crippen LogP contribution in [0.25, 0.3) is 44.1 Å². The second kappa shape index (κ2) is 19.9. The minimum absolute atomic E-state index is 0.0327. The van der Waals surface area contributed by atoms with Crippen molar-refractivity contribution in [3.8, 4) is 22.3 Å². The lowest BCUT2D eigenvalue weighted by molar-refractivity contribution is -0.161. The summed E-state index contributed by atoms with van der Waals surface area (Å²) >= 11 is 12.8. The van der Waals surface area contributed by atoms with Crippen LogP contribution in [-0.4, -0.2) is 55.3 Å². The summed E-state index contributed by atoms with van der Waals surface area (Å²) in [7, 11) is 1.45. The second-order valence-corrected chi connectivity index (χ2v) is 22.3. The summed E-state index contributed by atoms with van der Waals surface area (Å²) in [6.45, 7) is 1.13. The SMILES string of the molecule is COC(=O)C1CC2(CC(CC(=O)c3cc(Cl)cc4cnn(Cc5ccc(-c6ccccc6)cc5)c34)C2)C1.O=C(CC1CC2(C1)CC(C(=O)O)C2)c1cc(Cl)cc2cnn(Cc3ccc(-c4ccccc4)cc3)c12. The summed E-state index contributed by atoms with van der Waals surface area (Å²) in [5.74, 6) is -0.116. The number of benzene rings is 6. The van der Waals surface area contributed by atoms with Gasteiger partial charge in [-0.05, 0) is 132 Å². The molecule has 1 N–H and O–H groups in total. The Bertz CT molecular complexity index is 3360. The number of esters is 1. The number of nitrogens with zero attached hydrogens (tertiary/aromatic N) is 4. The first kappa shape index (κ1) is 48.4. The molecule has 6 aromatic carbocycles. The van der Waals surface area contributed by atoms with Gasteiger partial charge in [0, 0.05) is 44.8 Å². The van der Waals surface area contributed by atoms with Crippen LogP contribution in [-0.2, 0) is 27.4 Å². The molecule has 2 aromatic heterocycles. The van der Waals surface area contributed by atoms with E-state index in [2.05, 4.69) is 83.0 Å². The summed E-state index contributed by atoms with van der Waals surface area (Å²) in [6.07, 6.45) is 11.7. The van der Waals surface area contributed by atoms with Gasteiger partial charge in [-0.2, -0.15) is 10.2 Å². The molecule has 10 nitrogen and oxygen atoms in total. The highest BCUT2D eigenvalue weighted by atomic mass is 35.5. The number of ether oxygens (including phenoxy) is 1. The topological polar surface area (TPSA) is 133 Å². The maximum absolute atomic E-state index is 13.5. The lowest BCUT2D eigenvalue weighted by atomic mass is 9.47. The van der Waals surface area contributed by atoms with E-state index in [0.29, 0.717) is 58.9 Å². The van der Waals surface area contributed by atoms with Crippen molar-refractivity contribution in [2.45, 2.75) is 77.3 Å². The van der Waals surface area contributed by atoms with Crippen LogP contribution in [0, 0.1) is 34.5 Å². The number of Topliss-reactive ketones (excluding diaryl/α,β-unsaturated/α-hetero) is 2. The average molecular weight is 1010 g/mol. The predicted molar refractivity (Wildman–Crippen MR) is 285 cm³/mol. The Labute approximate surface area is 434 Å². The number of carbonyl (C=O) groups excluding carboxylic acids is 3. The molecule has 2 heterocycles. The van der Waals surface area contributed by atoms with Gasteiger partial charge in [0.15, 0.2) is 11.6 Å². The Kier molecular flexibility index (Phi) is 13.2. The molecular formula is C61H56Cl2N4O6. The number of halogens is 2. The zero-order valence-electron chi connectivity index (χ0n) is 40.7. The van der Waals surface area contributed by atoms with Gasteiger partial charge in [0.2, 0.25) is 0 Å². The van der Waals surface area contributed by atoms with Crippen molar-refractivity contribution in [1.29, 1.82) is 0 Å². The van der Waals surface area contributed by atoms with Crippen LogP contribution in [0.1, 0.15) is 96.1 Å². The van der Waals surface area contributed by atoms with E-state index in [0.717, 1.165) is 89.9 Å². The van der Waals surface area contributed by atoms with Crippen LogP contribution in [0.15, 0.2) is 146 Å². The minimum atomic E-state index is -0.690. The molecule has 0 bridgehead atoms. The molecule has 0 atom stereocenters. The lowest BCUT2D eigenvalue weighted by Gasteiger charge is -2.57. The molecule has 4 fully saturated rings. The van der Waals surface area contributed by atoms with E-state index < -0.39 is 5.97 Å². The maximum Gasteiger partial charge on any atom is 0.308 e. The van der Waals surface area contributed by atoms with Crippen LogP contribution < -0.4 is 0 Å². The van der Waals surface area contributed by atoms with Gasteiger partial charge in [-0.3, -0.25) is 28.5 Å². The van der Waals surface area contributed by atoms with E-state index in [4.69, 9.17) is 27.9 Å². The highest BCUT2D eigenvalue weighted by Crippen LogP contribution is 2.63. The zero-order valence-corrected chi connectivity index (χ0v) is 42.2. The number of methoxy groups -OCH3 is 1. The van der Waals surface area contributed by atoms with Crippen LogP contribution >= 0.6 is 23.2 Å². The van der Waals surface area contributed by atoms with Crippen LogP contribution in [0.4, 0.5) is 0 Å². The number of aliphatic carboxylic acids is 1. The van der Waals surface area contributed by atoms with Crippen LogP contribution in [0.3, 0.4) is 0 Å². The molecule has 12 rings (SSSR count). The highest BCUT2D eigenvalue weighted by Gasteiger charge is 2.56. The quantitative estimate of drug-likeness (QED) is 0.0841. The largest absolute Gasteiger partial charge is 0.481 e. The molecule has 4 aliphatic carbocycles. The van der Waals surface area contributed by atoms with Gasteiger partial charge in [-0.15, -0.1) is 0 Å². The van der Waals surface area contributed by atoms with E-state index in [9.17, 15) is 24.3 Å². The number of fused-ring (bicyclic) bond motifs is 2. The molecular weight excluding hydrogens is 956 g/mol.